The fourth-order valence-electron chi connectivity index (χ4n) is 4.80. The van der Waals surface area contributed by atoms with Crippen molar-refractivity contribution in [3.8, 4) is 0 Å². The average Bonchev–Trinajstić information content (AvgIpc) is 3.18. The van der Waals surface area contributed by atoms with Crippen LogP contribution in [0.25, 0.3) is 10.9 Å². The first-order chi connectivity index (χ1) is 11.2. The summed E-state index contributed by atoms with van der Waals surface area (Å²) >= 11 is 0. The van der Waals surface area contributed by atoms with Crippen LogP contribution in [0.3, 0.4) is 0 Å². The Balaban J connectivity index is 1.43. The van der Waals surface area contributed by atoms with Crippen molar-refractivity contribution in [3.63, 3.8) is 0 Å². The molecular weight excluding hydrogens is 284 g/mol. The number of pyridine rings is 1. The SMILES string of the molecule is C[C@H](NC(=O)Cc1cccc2cccnc12)[C@H]1C[C@H]2CC[C@H]1C2. The van der Waals surface area contributed by atoms with Gasteiger partial charge in [-0.05, 0) is 55.6 Å². The quantitative estimate of drug-likeness (QED) is 0.935. The number of carbonyl (C=O) groups excluding carboxylic acids is 1. The minimum absolute atomic E-state index is 0.124. The van der Waals surface area contributed by atoms with Crippen LogP contribution in [0, 0.1) is 17.8 Å². The zero-order valence-electron chi connectivity index (χ0n) is 13.7. The normalized spacial score (nSPS) is 27.3. The van der Waals surface area contributed by atoms with Crippen LogP contribution >= 0.6 is 0 Å². The highest BCUT2D eigenvalue weighted by atomic mass is 16.1. The van der Waals surface area contributed by atoms with Gasteiger partial charge in [-0.25, -0.2) is 0 Å². The number of hydrogen-bond donors (Lipinski definition) is 1. The lowest BCUT2D eigenvalue weighted by atomic mass is 9.84. The van der Waals surface area contributed by atoms with Crippen LogP contribution in [0.2, 0.25) is 0 Å². The lowest BCUT2D eigenvalue weighted by Crippen LogP contribution is -2.40. The lowest BCUT2D eigenvalue weighted by Gasteiger charge is -2.28. The number of carbonyl (C=O) groups is 1. The molecule has 3 heteroatoms. The average molecular weight is 308 g/mol. The number of fused-ring (bicyclic) bond motifs is 3. The molecule has 2 fully saturated rings. The van der Waals surface area contributed by atoms with Gasteiger partial charge >= 0.3 is 0 Å². The van der Waals surface area contributed by atoms with E-state index in [9.17, 15) is 4.79 Å². The number of para-hydroxylation sites is 1. The number of amides is 1. The van der Waals surface area contributed by atoms with Crippen LogP contribution in [-0.2, 0) is 11.2 Å². The van der Waals surface area contributed by atoms with Gasteiger partial charge in [-0.1, -0.05) is 30.7 Å². The van der Waals surface area contributed by atoms with Gasteiger partial charge in [0.25, 0.3) is 0 Å². The summed E-state index contributed by atoms with van der Waals surface area (Å²) in [6, 6.07) is 10.3. The number of hydrogen-bond acceptors (Lipinski definition) is 2. The van der Waals surface area contributed by atoms with E-state index in [1.165, 1.54) is 25.7 Å². The lowest BCUT2D eigenvalue weighted by molar-refractivity contribution is -0.121. The Kier molecular flexibility index (Phi) is 3.80. The second-order valence-corrected chi connectivity index (χ2v) is 7.36. The Morgan fingerprint density at radius 2 is 2.13 bits per heavy atom. The summed E-state index contributed by atoms with van der Waals surface area (Å²) in [5, 5.41) is 4.35. The molecule has 0 spiro atoms. The molecule has 4 atom stereocenters. The van der Waals surface area contributed by atoms with Crippen LogP contribution in [0.15, 0.2) is 36.5 Å². The van der Waals surface area contributed by atoms with Gasteiger partial charge in [0.1, 0.15) is 0 Å². The highest BCUT2D eigenvalue weighted by Gasteiger charge is 2.42. The molecule has 1 aromatic carbocycles. The van der Waals surface area contributed by atoms with Gasteiger partial charge in [-0.2, -0.15) is 0 Å². The second kappa shape index (κ2) is 5.95. The van der Waals surface area contributed by atoms with Crippen molar-refractivity contribution in [2.24, 2.45) is 17.8 Å². The van der Waals surface area contributed by atoms with Crippen molar-refractivity contribution in [1.82, 2.24) is 10.3 Å². The van der Waals surface area contributed by atoms with Gasteiger partial charge in [-0.15, -0.1) is 0 Å². The molecule has 2 aliphatic carbocycles. The van der Waals surface area contributed by atoms with Gasteiger partial charge in [0.2, 0.25) is 5.91 Å². The number of nitrogens with one attached hydrogen (secondary N) is 1. The monoisotopic (exact) mass is 308 g/mol. The second-order valence-electron chi connectivity index (χ2n) is 7.36. The summed E-state index contributed by atoms with van der Waals surface area (Å²) in [6.45, 7) is 2.19. The predicted molar refractivity (Wildman–Crippen MR) is 92.0 cm³/mol. The van der Waals surface area contributed by atoms with E-state index in [4.69, 9.17) is 0 Å². The molecule has 1 N–H and O–H groups in total. The van der Waals surface area contributed by atoms with Crippen molar-refractivity contribution in [2.75, 3.05) is 0 Å². The first-order valence-corrected chi connectivity index (χ1v) is 8.82. The van der Waals surface area contributed by atoms with Crippen molar-refractivity contribution in [2.45, 2.75) is 45.1 Å². The fourth-order valence-corrected chi connectivity index (χ4v) is 4.80. The third-order valence-corrected chi connectivity index (χ3v) is 5.89. The van der Waals surface area contributed by atoms with Gasteiger partial charge in [0, 0.05) is 17.6 Å². The molecule has 2 aliphatic rings. The molecular formula is C20H24N2O. The van der Waals surface area contributed by atoms with Crippen LogP contribution < -0.4 is 5.32 Å². The summed E-state index contributed by atoms with van der Waals surface area (Å²) in [7, 11) is 0. The summed E-state index contributed by atoms with van der Waals surface area (Å²) in [6.07, 6.45) is 7.67. The number of aromatic nitrogens is 1. The molecule has 0 saturated heterocycles. The van der Waals surface area contributed by atoms with Gasteiger partial charge in [-0.3, -0.25) is 9.78 Å². The Morgan fingerprint density at radius 1 is 1.26 bits per heavy atom. The number of benzene rings is 1. The van der Waals surface area contributed by atoms with E-state index in [2.05, 4.69) is 17.2 Å². The smallest absolute Gasteiger partial charge is 0.224 e. The zero-order valence-corrected chi connectivity index (χ0v) is 13.7. The zero-order chi connectivity index (χ0) is 15.8. The molecule has 3 nitrogen and oxygen atoms in total. The third kappa shape index (κ3) is 2.85. The summed E-state index contributed by atoms with van der Waals surface area (Å²) in [5.41, 5.74) is 1.96. The summed E-state index contributed by atoms with van der Waals surface area (Å²) in [5.74, 6) is 2.57. The van der Waals surface area contributed by atoms with E-state index in [1.807, 2.05) is 30.3 Å². The first kappa shape index (κ1) is 14.7. The van der Waals surface area contributed by atoms with E-state index in [1.54, 1.807) is 6.20 Å². The van der Waals surface area contributed by atoms with E-state index < -0.39 is 0 Å². The topological polar surface area (TPSA) is 42.0 Å². The third-order valence-electron chi connectivity index (χ3n) is 5.89. The van der Waals surface area contributed by atoms with Crippen LogP contribution in [0.1, 0.15) is 38.2 Å². The molecule has 1 aromatic heterocycles. The molecule has 1 amide bonds. The van der Waals surface area contributed by atoms with Gasteiger partial charge in [0.05, 0.1) is 11.9 Å². The maximum Gasteiger partial charge on any atom is 0.224 e. The van der Waals surface area contributed by atoms with Crippen molar-refractivity contribution >= 4 is 16.8 Å². The highest BCUT2D eigenvalue weighted by molar-refractivity contribution is 5.87. The molecule has 120 valence electrons. The minimum Gasteiger partial charge on any atom is -0.353 e. The van der Waals surface area contributed by atoms with Gasteiger partial charge in [0.15, 0.2) is 0 Å². The van der Waals surface area contributed by atoms with Crippen LogP contribution in [0.4, 0.5) is 0 Å². The Morgan fingerprint density at radius 3 is 2.91 bits per heavy atom. The molecule has 0 unspecified atom stereocenters. The van der Waals surface area contributed by atoms with Crippen molar-refractivity contribution in [3.05, 3.63) is 42.1 Å². The maximum absolute atomic E-state index is 12.5. The Labute approximate surface area is 137 Å². The van der Waals surface area contributed by atoms with Crippen LogP contribution in [0.5, 0.6) is 0 Å². The summed E-state index contributed by atoms with van der Waals surface area (Å²) < 4.78 is 0. The van der Waals surface area contributed by atoms with E-state index in [0.717, 1.165) is 28.3 Å². The van der Waals surface area contributed by atoms with E-state index >= 15 is 0 Å². The fraction of sp³-hybridized carbons (Fsp3) is 0.500. The Hall–Kier alpha value is -1.90. The largest absolute Gasteiger partial charge is 0.353 e. The molecule has 2 bridgehead atoms. The Bertz CT molecular complexity index is 721. The molecule has 1 heterocycles. The van der Waals surface area contributed by atoms with Gasteiger partial charge < -0.3 is 5.32 Å². The molecule has 23 heavy (non-hydrogen) atoms. The predicted octanol–water partition coefficient (Wildman–Crippen LogP) is 3.72. The molecule has 0 radical (unpaired) electrons. The molecule has 2 saturated carbocycles. The minimum atomic E-state index is 0.124. The number of rotatable bonds is 4. The summed E-state index contributed by atoms with van der Waals surface area (Å²) in [4.78, 5) is 16.9. The molecule has 4 rings (SSSR count). The van der Waals surface area contributed by atoms with E-state index in [0.29, 0.717) is 18.4 Å². The first-order valence-electron chi connectivity index (χ1n) is 8.82. The number of nitrogens with zero attached hydrogens (tertiary/aromatic N) is 1. The van der Waals surface area contributed by atoms with Crippen molar-refractivity contribution in [1.29, 1.82) is 0 Å². The molecule has 0 aliphatic heterocycles. The molecule has 2 aromatic rings. The highest BCUT2D eigenvalue weighted by Crippen LogP contribution is 2.49. The van der Waals surface area contributed by atoms with Crippen molar-refractivity contribution < 1.29 is 4.79 Å². The van der Waals surface area contributed by atoms with E-state index in [-0.39, 0.29) is 5.91 Å². The maximum atomic E-state index is 12.5. The van der Waals surface area contributed by atoms with Crippen LogP contribution in [-0.4, -0.2) is 16.9 Å². The standard InChI is InChI=1S/C20H24N2O/c1-13(18-11-14-7-8-16(18)10-14)22-19(23)12-17-5-2-4-15-6-3-9-21-20(15)17/h2-6,9,13-14,16,18H,7-8,10-12H2,1H3,(H,22,23)/t13-,14-,16-,18+/m0/s1.